The number of hydrogen-bond donors (Lipinski definition) is 2. The molecule has 0 aromatic carbocycles. The van der Waals surface area contributed by atoms with Crippen LogP contribution in [0.5, 0.6) is 0 Å². The SMILES string of the molecule is CC(C)[C@]1(O)CN(C(=O)c2cn(C)c(=O)[nH]c2=O)C[C@H]1C. The topological polar surface area (TPSA) is 95.4 Å². The van der Waals surface area contributed by atoms with Gasteiger partial charge in [-0.1, -0.05) is 20.8 Å². The van der Waals surface area contributed by atoms with Crippen LogP contribution in [-0.4, -0.2) is 44.2 Å². The highest BCUT2D eigenvalue weighted by molar-refractivity contribution is 5.93. The number of H-pyrrole nitrogens is 1. The van der Waals surface area contributed by atoms with Gasteiger partial charge in [0.15, 0.2) is 0 Å². The lowest BCUT2D eigenvalue weighted by atomic mass is 9.82. The van der Waals surface area contributed by atoms with Crippen molar-refractivity contribution in [3.05, 3.63) is 32.6 Å². The Hall–Kier alpha value is -1.89. The number of β-amino-alcohol motifs (C(OH)–C–C–N with tert-alkyl or cyclic N) is 1. The van der Waals surface area contributed by atoms with Crippen LogP contribution in [0.4, 0.5) is 0 Å². The minimum absolute atomic E-state index is 0.00344. The van der Waals surface area contributed by atoms with Crippen LogP contribution >= 0.6 is 0 Å². The lowest BCUT2D eigenvalue weighted by Gasteiger charge is -2.30. The van der Waals surface area contributed by atoms with Crippen molar-refractivity contribution in [2.75, 3.05) is 13.1 Å². The number of hydrogen-bond acceptors (Lipinski definition) is 4. The first kappa shape index (κ1) is 15.5. The molecule has 7 heteroatoms. The minimum Gasteiger partial charge on any atom is -0.387 e. The third kappa shape index (κ3) is 2.53. The van der Waals surface area contributed by atoms with Gasteiger partial charge in [-0.05, 0) is 5.92 Å². The van der Waals surface area contributed by atoms with Crippen molar-refractivity contribution in [1.29, 1.82) is 0 Å². The zero-order valence-corrected chi connectivity index (χ0v) is 12.7. The molecule has 1 amide bonds. The first-order valence-corrected chi connectivity index (χ1v) is 6.98. The van der Waals surface area contributed by atoms with Gasteiger partial charge in [-0.15, -0.1) is 0 Å². The maximum Gasteiger partial charge on any atom is 0.328 e. The Morgan fingerprint density at radius 2 is 2.10 bits per heavy atom. The summed E-state index contributed by atoms with van der Waals surface area (Å²) in [5.74, 6) is -0.535. The van der Waals surface area contributed by atoms with Crippen molar-refractivity contribution < 1.29 is 9.90 Å². The number of nitrogens with zero attached hydrogens (tertiary/aromatic N) is 2. The largest absolute Gasteiger partial charge is 0.387 e. The van der Waals surface area contributed by atoms with Gasteiger partial charge in [0.25, 0.3) is 11.5 Å². The second kappa shape index (κ2) is 5.14. The predicted molar refractivity (Wildman–Crippen MR) is 77.2 cm³/mol. The van der Waals surface area contributed by atoms with Crippen molar-refractivity contribution in [1.82, 2.24) is 14.5 Å². The van der Waals surface area contributed by atoms with E-state index < -0.39 is 22.8 Å². The second-order valence-corrected chi connectivity index (χ2v) is 6.15. The monoisotopic (exact) mass is 295 g/mol. The molecule has 1 aliphatic rings. The summed E-state index contributed by atoms with van der Waals surface area (Å²) in [6.07, 6.45) is 1.24. The van der Waals surface area contributed by atoms with E-state index in [4.69, 9.17) is 0 Å². The van der Waals surface area contributed by atoms with E-state index in [1.807, 2.05) is 20.8 Å². The third-order valence-corrected chi connectivity index (χ3v) is 4.42. The minimum atomic E-state index is -0.955. The Morgan fingerprint density at radius 3 is 2.62 bits per heavy atom. The van der Waals surface area contributed by atoms with E-state index in [0.717, 1.165) is 4.57 Å². The molecule has 0 aliphatic carbocycles. The molecule has 1 aromatic rings. The lowest BCUT2D eigenvalue weighted by molar-refractivity contribution is -0.0244. The van der Waals surface area contributed by atoms with Crippen molar-refractivity contribution >= 4 is 5.91 Å². The van der Waals surface area contributed by atoms with Gasteiger partial charge >= 0.3 is 5.69 Å². The summed E-state index contributed by atoms with van der Waals surface area (Å²) in [4.78, 5) is 39.2. The summed E-state index contributed by atoms with van der Waals surface area (Å²) in [7, 11) is 1.46. The van der Waals surface area contributed by atoms with Crippen LogP contribution in [0.15, 0.2) is 15.8 Å². The number of rotatable bonds is 2. The van der Waals surface area contributed by atoms with Crippen LogP contribution in [0, 0.1) is 11.8 Å². The number of aliphatic hydroxyl groups is 1. The molecule has 0 spiro atoms. The van der Waals surface area contributed by atoms with E-state index >= 15 is 0 Å². The number of aromatic nitrogens is 2. The van der Waals surface area contributed by atoms with Crippen LogP contribution in [0.2, 0.25) is 0 Å². The molecular weight excluding hydrogens is 274 g/mol. The average Bonchev–Trinajstić information content (AvgIpc) is 2.71. The van der Waals surface area contributed by atoms with Gasteiger partial charge in [0.05, 0.1) is 12.1 Å². The Balaban J connectivity index is 2.33. The second-order valence-electron chi connectivity index (χ2n) is 6.15. The molecule has 21 heavy (non-hydrogen) atoms. The van der Waals surface area contributed by atoms with E-state index in [2.05, 4.69) is 4.98 Å². The highest BCUT2D eigenvalue weighted by Crippen LogP contribution is 2.34. The molecule has 2 atom stereocenters. The van der Waals surface area contributed by atoms with Crippen molar-refractivity contribution in [2.24, 2.45) is 18.9 Å². The standard InChI is InChI=1S/C14H21N3O4/c1-8(2)14(21)7-17(5-9(14)3)12(19)10-6-16(4)13(20)15-11(10)18/h6,8-9,21H,5,7H2,1-4H3,(H,15,18,20)/t9-,14-/m1/s1. The molecule has 1 aromatic heterocycles. The number of aromatic amines is 1. The molecule has 116 valence electrons. The van der Waals surface area contributed by atoms with Crippen LogP contribution in [0.3, 0.4) is 0 Å². The lowest BCUT2D eigenvalue weighted by Crippen LogP contribution is -2.44. The molecule has 2 rings (SSSR count). The van der Waals surface area contributed by atoms with Crippen LogP contribution in [0.1, 0.15) is 31.1 Å². The van der Waals surface area contributed by atoms with E-state index in [1.165, 1.54) is 18.1 Å². The molecule has 7 nitrogen and oxygen atoms in total. The summed E-state index contributed by atoms with van der Waals surface area (Å²) in [6.45, 7) is 6.27. The summed E-state index contributed by atoms with van der Waals surface area (Å²) in [5, 5.41) is 10.6. The summed E-state index contributed by atoms with van der Waals surface area (Å²) in [5.41, 5.74) is -2.30. The molecule has 0 bridgehead atoms. The molecule has 2 N–H and O–H groups in total. The van der Waals surface area contributed by atoms with Gasteiger partial charge in [0, 0.05) is 25.7 Å². The zero-order valence-electron chi connectivity index (χ0n) is 12.7. The van der Waals surface area contributed by atoms with Gasteiger partial charge in [-0.25, -0.2) is 4.79 Å². The molecule has 0 unspecified atom stereocenters. The van der Waals surface area contributed by atoms with Gasteiger partial charge in [0.1, 0.15) is 5.56 Å². The molecule has 0 saturated carbocycles. The number of carbonyl (C=O) groups is 1. The number of amides is 1. The molecule has 2 heterocycles. The number of nitrogens with one attached hydrogen (secondary N) is 1. The van der Waals surface area contributed by atoms with Gasteiger partial charge in [-0.3, -0.25) is 14.6 Å². The van der Waals surface area contributed by atoms with Gasteiger partial charge < -0.3 is 14.6 Å². The fourth-order valence-electron chi connectivity index (χ4n) is 2.81. The van der Waals surface area contributed by atoms with Crippen LogP contribution in [-0.2, 0) is 7.05 Å². The molecule has 1 saturated heterocycles. The number of likely N-dealkylation sites (tertiary alicyclic amines) is 1. The maximum atomic E-state index is 12.5. The van der Waals surface area contributed by atoms with Crippen LogP contribution in [0.25, 0.3) is 0 Å². The van der Waals surface area contributed by atoms with Crippen LogP contribution < -0.4 is 11.2 Å². The van der Waals surface area contributed by atoms with Crippen molar-refractivity contribution in [3.8, 4) is 0 Å². The Kier molecular flexibility index (Phi) is 3.79. The Labute approximate surface area is 122 Å². The van der Waals surface area contributed by atoms with E-state index in [-0.39, 0.29) is 23.9 Å². The Morgan fingerprint density at radius 1 is 1.48 bits per heavy atom. The predicted octanol–water partition coefficient (Wildman–Crippen LogP) is -0.447. The highest BCUT2D eigenvalue weighted by Gasteiger charge is 2.46. The molecule has 1 aliphatic heterocycles. The van der Waals surface area contributed by atoms with Crippen molar-refractivity contribution in [2.45, 2.75) is 26.4 Å². The molecule has 1 fully saturated rings. The maximum absolute atomic E-state index is 12.5. The summed E-state index contributed by atoms with van der Waals surface area (Å²) < 4.78 is 1.16. The van der Waals surface area contributed by atoms with E-state index in [9.17, 15) is 19.5 Å². The fourth-order valence-corrected chi connectivity index (χ4v) is 2.81. The van der Waals surface area contributed by atoms with Gasteiger partial charge in [0.2, 0.25) is 0 Å². The van der Waals surface area contributed by atoms with E-state index in [0.29, 0.717) is 6.54 Å². The quantitative estimate of drug-likeness (QED) is 0.772. The molecule has 0 radical (unpaired) electrons. The smallest absolute Gasteiger partial charge is 0.328 e. The third-order valence-electron chi connectivity index (χ3n) is 4.42. The van der Waals surface area contributed by atoms with Crippen molar-refractivity contribution in [3.63, 3.8) is 0 Å². The Bertz CT molecular complexity index is 676. The zero-order chi connectivity index (χ0) is 15.9. The summed E-state index contributed by atoms with van der Waals surface area (Å²) >= 11 is 0. The number of carbonyl (C=O) groups excluding carboxylic acids is 1. The number of aryl methyl sites for hydroxylation is 1. The first-order chi connectivity index (χ1) is 9.66. The highest BCUT2D eigenvalue weighted by atomic mass is 16.3. The average molecular weight is 295 g/mol. The van der Waals surface area contributed by atoms with Gasteiger partial charge in [-0.2, -0.15) is 0 Å². The first-order valence-electron chi connectivity index (χ1n) is 6.98. The normalized spacial score (nSPS) is 25.6. The fraction of sp³-hybridized carbons (Fsp3) is 0.643. The van der Waals surface area contributed by atoms with E-state index in [1.54, 1.807) is 0 Å². The molecular formula is C14H21N3O4. The summed E-state index contributed by atoms with van der Waals surface area (Å²) in [6, 6.07) is 0.